The first-order valence-electron chi connectivity index (χ1n) is 10.1. The van der Waals surface area contributed by atoms with E-state index in [-0.39, 0.29) is 18.6 Å². The van der Waals surface area contributed by atoms with E-state index < -0.39 is 54.6 Å². The standard InChI is InChI=1S/C19H31Cl3NO8P/c1-10(2)30-32(31-11(3)4)8-7-14-9-15(26-12(5)24)16(27-13(6)25)17(28-14)29-18(23)19(20,21)22/h10-11,14-17,23H,7-9H2,1-6H3. The number of hydrogen-bond donors (Lipinski definition) is 1. The van der Waals surface area contributed by atoms with Crippen molar-refractivity contribution in [2.45, 2.75) is 95.0 Å². The van der Waals surface area contributed by atoms with Gasteiger partial charge in [0, 0.05) is 26.4 Å². The molecular weight excluding hydrogens is 508 g/mol. The minimum absolute atomic E-state index is 0.0184. The molecule has 0 aromatic carbocycles. The second-order valence-electron chi connectivity index (χ2n) is 7.68. The SMILES string of the molecule is CC(=O)OC1CC(CCP(OC(C)C)OC(C)C)OC(OC(=N)C(Cl)(Cl)Cl)C1OC(C)=O. The zero-order chi connectivity index (χ0) is 24.6. The summed E-state index contributed by atoms with van der Waals surface area (Å²) in [6.07, 6.45) is -2.65. The average molecular weight is 539 g/mol. The Balaban J connectivity index is 3.03. The van der Waals surface area contributed by atoms with Crippen LogP contribution in [0.4, 0.5) is 0 Å². The molecule has 0 saturated carbocycles. The van der Waals surface area contributed by atoms with Gasteiger partial charge in [0.2, 0.25) is 18.3 Å². The van der Waals surface area contributed by atoms with Gasteiger partial charge in [-0.2, -0.15) is 0 Å². The summed E-state index contributed by atoms with van der Waals surface area (Å²) in [7, 11) is -1.19. The summed E-state index contributed by atoms with van der Waals surface area (Å²) in [5.41, 5.74) is 0. The highest BCUT2D eigenvalue weighted by Gasteiger charge is 2.46. The van der Waals surface area contributed by atoms with Crippen molar-refractivity contribution < 1.29 is 37.6 Å². The zero-order valence-electron chi connectivity index (χ0n) is 18.9. The Morgan fingerprint density at radius 2 is 1.56 bits per heavy atom. The molecule has 186 valence electrons. The zero-order valence-corrected chi connectivity index (χ0v) is 22.1. The van der Waals surface area contributed by atoms with E-state index in [2.05, 4.69) is 0 Å². The maximum atomic E-state index is 11.7. The highest BCUT2D eigenvalue weighted by molar-refractivity contribution is 7.47. The van der Waals surface area contributed by atoms with Crippen molar-refractivity contribution in [2.75, 3.05) is 6.16 Å². The number of esters is 2. The van der Waals surface area contributed by atoms with E-state index in [1.165, 1.54) is 13.8 Å². The quantitative estimate of drug-likeness (QED) is 0.138. The van der Waals surface area contributed by atoms with Crippen LogP contribution in [0.25, 0.3) is 0 Å². The number of halogens is 3. The third kappa shape index (κ3) is 11.1. The molecule has 0 aromatic rings. The molecule has 1 saturated heterocycles. The maximum Gasteiger partial charge on any atom is 0.303 e. The topological polar surface area (TPSA) is 113 Å². The number of carbonyl (C=O) groups is 2. The van der Waals surface area contributed by atoms with E-state index in [9.17, 15) is 9.59 Å². The number of carbonyl (C=O) groups excluding carboxylic acids is 2. The molecular formula is C19H31Cl3NO8P. The van der Waals surface area contributed by atoms with Crippen LogP contribution >= 0.6 is 43.2 Å². The summed E-state index contributed by atoms with van der Waals surface area (Å²) in [5.74, 6) is -1.95. The summed E-state index contributed by atoms with van der Waals surface area (Å²) in [5, 5.41) is 7.86. The van der Waals surface area contributed by atoms with Crippen molar-refractivity contribution in [3.63, 3.8) is 0 Å². The first-order valence-corrected chi connectivity index (χ1v) is 12.6. The van der Waals surface area contributed by atoms with Crippen molar-refractivity contribution in [3.8, 4) is 0 Å². The molecule has 1 aliphatic rings. The Labute approximate surface area is 205 Å². The third-order valence-corrected chi connectivity index (χ3v) is 6.31. The lowest BCUT2D eigenvalue weighted by molar-refractivity contribution is -0.253. The lowest BCUT2D eigenvalue weighted by Gasteiger charge is -2.40. The summed E-state index contributed by atoms with van der Waals surface area (Å²) >= 11 is 17.1. The van der Waals surface area contributed by atoms with Gasteiger partial charge in [-0.05, 0) is 34.1 Å². The smallest absolute Gasteiger partial charge is 0.303 e. The molecule has 13 heteroatoms. The van der Waals surface area contributed by atoms with Crippen LogP contribution in [0.5, 0.6) is 0 Å². The van der Waals surface area contributed by atoms with Gasteiger partial charge in [0.15, 0.2) is 8.38 Å². The van der Waals surface area contributed by atoms with E-state index >= 15 is 0 Å². The highest BCUT2D eigenvalue weighted by atomic mass is 35.6. The van der Waals surface area contributed by atoms with Gasteiger partial charge in [-0.15, -0.1) is 0 Å². The molecule has 9 nitrogen and oxygen atoms in total. The molecule has 1 heterocycles. The second-order valence-corrected chi connectivity index (χ2v) is 11.5. The number of hydrogen-bond acceptors (Lipinski definition) is 9. The van der Waals surface area contributed by atoms with Crippen molar-refractivity contribution in [1.29, 1.82) is 5.41 Å². The van der Waals surface area contributed by atoms with Gasteiger partial charge < -0.3 is 28.0 Å². The van der Waals surface area contributed by atoms with Crippen molar-refractivity contribution in [2.24, 2.45) is 0 Å². The molecule has 4 atom stereocenters. The fourth-order valence-corrected chi connectivity index (χ4v) is 4.69. The molecule has 0 bridgehead atoms. The molecule has 0 aliphatic carbocycles. The van der Waals surface area contributed by atoms with Gasteiger partial charge in [-0.25, -0.2) is 0 Å². The summed E-state index contributed by atoms with van der Waals surface area (Å²) in [4.78, 5) is 23.3. The molecule has 1 N–H and O–H groups in total. The van der Waals surface area contributed by atoms with E-state index in [0.717, 1.165) is 0 Å². The van der Waals surface area contributed by atoms with Crippen molar-refractivity contribution in [3.05, 3.63) is 0 Å². The Bertz CT molecular complexity index is 637. The molecule has 0 radical (unpaired) electrons. The third-order valence-electron chi connectivity index (χ3n) is 3.86. The van der Waals surface area contributed by atoms with Crippen LogP contribution in [0.15, 0.2) is 0 Å². The lowest BCUT2D eigenvalue weighted by atomic mass is 10.00. The van der Waals surface area contributed by atoms with Crippen molar-refractivity contribution in [1.82, 2.24) is 0 Å². The van der Waals surface area contributed by atoms with Crippen LogP contribution in [0.1, 0.15) is 54.4 Å². The molecule has 0 spiro atoms. The highest BCUT2D eigenvalue weighted by Crippen LogP contribution is 2.43. The van der Waals surface area contributed by atoms with E-state index in [0.29, 0.717) is 12.6 Å². The van der Waals surface area contributed by atoms with Crippen LogP contribution in [-0.2, 0) is 37.6 Å². The van der Waals surface area contributed by atoms with Crippen molar-refractivity contribution >= 4 is 61.0 Å². The predicted molar refractivity (Wildman–Crippen MR) is 122 cm³/mol. The monoisotopic (exact) mass is 537 g/mol. The largest absolute Gasteiger partial charge is 0.458 e. The Morgan fingerprint density at radius 1 is 1.03 bits per heavy atom. The first-order chi connectivity index (χ1) is 14.7. The lowest BCUT2D eigenvalue weighted by Crippen LogP contribution is -2.54. The molecule has 0 amide bonds. The van der Waals surface area contributed by atoms with Gasteiger partial charge in [-0.3, -0.25) is 15.0 Å². The second kappa shape index (κ2) is 13.5. The molecule has 0 aromatic heterocycles. The average Bonchev–Trinajstić information content (AvgIpc) is 2.59. The molecule has 1 aliphatic heterocycles. The summed E-state index contributed by atoms with van der Waals surface area (Å²) < 4.78 is 31.5. The predicted octanol–water partition coefficient (Wildman–Crippen LogP) is 4.88. The molecule has 4 unspecified atom stereocenters. The van der Waals surface area contributed by atoms with Crippen LogP contribution < -0.4 is 0 Å². The molecule has 32 heavy (non-hydrogen) atoms. The first kappa shape index (κ1) is 29.6. The fraction of sp³-hybridized carbons (Fsp3) is 0.842. The molecule has 1 rings (SSSR count). The summed E-state index contributed by atoms with van der Waals surface area (Å²) in [6.45, 7) is 10.1. The number of rotatable bonds is 10. The fourth-order valence-electron chi connectivity index (χ4n) is 2.86. The van der Waals surface area contributed by atoms with Gasteiger partial charge in [0.05, 0.1) is 18.3 Å². The van der Waals surface area contributed by atoms with Crippen LogP contribution in [0.2, 0.25) is 0 Å². The normalized spacial score (nSPS) is 24.0. The number of alkyl halides is 3. The Morgan fingerprint density at radius 3 is 2.00 bits per heavy atom. The number of nitrogens with one attached hydrogen (secondary N) is 1. The van der Waals surface area contributed by atoms with Crippen LogP contribution in [0, 0.1) is 5.41 Å². The maximum absolute atomic E-state index is 11.7. The van der Waals surface area contributed by atoms with Gasteiger partial charge in [-0.1, -0.05) is 34.8 Å². The molecule has 1 fully saturated rings. The van der Waals surface area contributed by atoms with E-state index in [4.69, 9.17) is 68.2 Å². The Hall–Kier alpha value is -0.410. The van der Waals surface area contributed by atoms with Gasteiger partial charge in [0.25, 0.3) is 3.79 Å². The number of ether oxygens (including phenoxy) is 4. The minimum atomic E-state index is -2.15. The van der Waals surface area contributed by atoms with Gasteiger partial charge in [0.1, 0.15) is 6.10 Å². The summed E-state index contributed by atoms with van der Waals surface area (Å²) in [6, 6.07) is 0. The van der Waals surface area contributed by atoms with E-state index in [1.807, 2.05) is 27.7 Å². The minimum Gasteiger partial charge on any atom is -0.458 e. The Kier molecular flexibility index (Phi) is 12.5. The van der Waals surface area contributed by atoms with Gasteiger partial charge >= 0.3 is 11.9 Å². The van der Waals surface area contributed by atoms with Crippen LogP contribution in [-0.4, -0.2) is 64.6 Å². The van der Waals surface area contributed by atoms with Crippen LogP contribution in [0.3, 0.4) is 0 Å². The van der Waals surface area contributed by atoms with E-state index in [1.54, 1.807) is 0 Å².